The Bertz CT molecular complexity index is 1230. The van der Waals surface area contributed by atoms with Crippen LogP contribution in [-0.4, -0.2) is 18.5 Å². The Hall–Kier alpha value is -3.57. The number of esters is 1. The Labute approximate surface area is 178 Å². The molecule has 146 valence electrons. The first-order valence-electron chi connectivity index (χ1n) is 9.56. The Kier molecular flexibility index (Phi) is 4.73. The van der Waals surface area contributed by atoms with Gasteiger partial charge in [-0.3, -0.25) is 9.69 Å². The summed E-state index contributed by atoms with van der Waals surface area (Å²) in [5.41, 5.74) is 2.05. The summed E-state index contributed by atoms with van der Waals surface area (Å²) in [5.74, 6) is -0.795. The molecular formula is C25H17NO3S. The molecule has 4 nitrogen and oxygen atoms in total. The van der Waals surface area contributed by atoms with Gasteiger partial charge in [-0.2, -0.15) is 0 Å². The first-order chi connectivity index (χ1) is 14.7. The van der Waals surface area contributed by atoms with Crippen LogP contribution in [0, 0.1) is 0 Å². The standard InChI is InChI=1S/C25H17NO3S/c27-24(16-29-25(28)19-11-7-9-17-8-1-2-10-18(17)19)26-20-12-3-5-14-22(20)30-23-15-6-4-13-21(23)26/h1-15H,16H2. The fraction of sp³-hybridized carbons (Fsp3) is 0.0400. The van der Waals surface area contributed by atoms with Crippen molar-refractivity contribution in [3.8, 4) is 0 Å². The van der Waals surface area contributed by atoms with Crippen LogP contribution < -0.4 is 4.90 Å². The molecular weight excluding hydrogens is 394 g/mol. The molecule has 0 aliphatic carbocycles. The Morgan fingerprint density at radius 1 is 0.733 bits per heavy atom. The monoisotopic (exact) mass is 411 g/mol. The number of para-hydroxylation sites is 2. The summed E-state index contributed by atoms with van der Waals surface area (Å²) in [6, 6.07) is 28.6. The van der Waals surface area contributed by atoms with Crippen LogP contribution in [0.2, 0.25) is 0 Å². The highest BCUT2D eigenvalue weighted by Gasteiger charge is 2.28. The lowest BCUT2D eigenvalue weighted by molar-refractivity contribution is -0.121. The van der Waals surface area contributed by atoms with Crippen LogP contribution in [0.25, 0.3) is 10.8 Å². The SMILES string of the molecule is O=C(OCC(=O)N1c2ccccc2Sc2ccccc21)c1cccc2ccccc12. The number of ether oxygens (including phenoxy) is 1. The maximum absolute atomic E-state index is 13.2. The van der Waals surface area contributed by atoms with E-state index in [4.69, 9.17) is 4.74 Å². The first kappa shape index (κ1) is 18.5. The molecule has 4 aromatic rings. The number of carbonyl (C=O) groups excluding carboxylic acids is 2. The molecule has 1 aliphatic rings. The van der Waals surface area contributed by atoms with Crippen molar-refractivity contribution in [2.45, 2.75) is 9.79 Å². The van der Waals surface area contributed by atoms with Crippen LogP contribution in [0.4, 0.5) is 11.4 Å². The minimum Gasteiger partial charge on any atom is -0.452 e. The third kappa shape index (κ3) is 3.23. The molecule has 0 unspecified atom stereocenters. The largest absolute Gasteiger partial charge is 0.452 e. The maximum atomic E-state index is 13.2. The number of nitrogens with zero attached hydrogens (tertiary/aromatic N) is 1. The number of benzene rings is 4. The summed E-state index contributed by atoms with van der Waals surface area (Å²) >= 11 is 1.62. The van der Waals surface area contributed by atoms with Crippen LogP contribution in [0.1, 0.15) is 10.4 Å². The van der Waals surface area contributed by atoms with Gasteiger partial charge in [0.05, 0.1) is 16.9 Å². The molecule has 0 saturated heterocycles. The minimum absolute atomic E-state index is 0.288. The molecule has 4 aromatic carbocycles. The third-order valence-corrected chi connectivity index (χ3v) is 6.15. The Balaban J connectivity index is 1.42. The predicted molar refractivity (Wildman–Crippen MR) is 118 cm³/mol. The van der Waals surface area contributed by atoms with Crippen LogP contribution in [-0.2, 0) is 9.53 Å². The molecule has 0 bridgehead atoms. The van der Waals surface area contributed by atoms with E-state index in [0.29, 0.717) is 5.56 Å². The lowest BCUT2D eigenvalue weighted by Gasteiger charge is -2.30. The van der Waals surface area contributed by atoms with E-state index in [1.807, 2.05) is 84.9 Å². The molecule has 5 rings (SSSR count). The number of carbonyl (C=O) groups is 2. The molecule has 0 aromatic heterocycles. The zero-order chi connectivity index (χ0) is 20.5. The Morgan fingerprint density at radius 2 is 1.33 bits per heavy atom. The van der Waals surface area contributed by atoms with Gasteiger partial charge in [0.15, 0.2) is 6.61 Å². The molecule has 0 spiro atoms. The smallest absolute Gasteiger partial charge is 0.339 e. The molecule has 0 radical (unpaired) electrons. The Morgan fingerprint density at radius 3 is 2.07 bits per heavy atom. The van der Waals surface area contributed by atoms with Crippen LogP contribution in [0.15, 0.2) is 101 Å². The average molecular weight is 411 g/mol. The quantitative estimate of drug-likeness (QED) is 0.398. The van der Waals surface area contributed by atoms with Gasteiger partial charge >= 0.3 is 5.97 Å². The highest BCUT2D eigenvalue weighted by Crippen LogP contribution is 2.47. The summed E-state index contributed by atoms with van der Waals surface area (Å²) in [6.45, 7) is -0.338. The number of hydrogen-bond acceptors (Lipinski definition) is 4. The van der Waals surface area contributed by atoms with E-state index < -0.39 is 5.97 Å². The number of anilines is 2. The van der Waals surface area contributed by atoms with Crippen molar-refractivity contribution < 1.29 is 14.3 Å². The normalized spacial score (nSPS) is 12.2. The lowest BCUT2D eigenvalue weighted by Crippen LogP contribution is -2.32. The van der Waals surface area contributed by atoms with Crippen molar-refractivity contribution in [2.24, 2.45) is 0 Å². The first-order valence-corrected chi connectivity index (χ1v) is 10.4. The summed E-state index contributed by atoms with van der Waals surface area (Å²) in [6.07, 6.45) is 0. The molecule has 0 fully saturated rings. The van der Waals surface area contributed by atoms with Gasteiger partial charge in [-0.25, -0.2) is 4.79 Å². The van der Waals surface area contributed by atoms with Crippen molar-refractivity contribution in [3.63, 3.8) is 0 Å². The van der Waals surface area contributed by atoms with Gasteiger partial charge in [0.1, 0.15) is 0 Å². The van der Waals surface area contributed by atoms with Crippen molar-refractivity contribution in [1.82, 2.24) is 0 Å². The highest BCUT2D eigenvalue weighted by molar-refractivity contribution is 7.99. The van der Waals surface area contributed by atoms with Gasteiger partial charge in [0.2, 0.25) is 0 Å². The number of amides is 1. The molecule has 30 heavy (non-hydrogen) atoms. The van der Waals surface area contributed by atoms with E-state index in [9.17, 15) is 9.59 Å². The zero-order valence-corrected chi connectivity index (χ0v) is 16.8. The molecule has 0 atom stereocenters. The van der Waals surface area contributed by atoms with Gasteiger partial charge in [0, 0.05) is 9.79 Å². The van der Waals surface area contributed by atoms with Crippen molar-refractivity contribution in [3.05, 3.63) is 96.6 Å². The van der Waals surface area contributed by atoms with E-state index in [2.05, 4.69) is 0 Å². The summed E-state index contributed by atoms with van der Waals surface area (Å²) < 4.78 is 5.44. The summed E-state index contributed by atoms with van der Waals surface area (Å²) in [4.78, 5) is 29.5. The molecule has 1 aliphatic heterocycles. The van der Waals surface area contributed by atoms with E-state index >= 15 is 0 Å². The second-order valence-corrected chi connectivity index (χ2v) is 7.95. The fourth-order valence-corrected chi connectivity index (χ4v) is 4.70. The van der Waals surface area contributed by atoms with Gasteiger partial charge in [-0.05, 0) is 41.1 Å². The topological polar surface area (TPSA) is 46.6 Å². The van der Waals surface area contributed by atoms with E-state index in [1.165, 1.54) is 0 Å². The number of rotatable bonds is 3. The van der Waals surface area contributed by atoms with E-state index in [0.717, 1.165) is 31.9 Å². The third-order valence-electron chi connectivity index (χ3n) is 5.02. The number of hydrogen-bond donors (Lipinski definition) is 0. The molecule has 5 heteroatoms. The van der Waals surface area contributed by atoms with E-state index in [-0.39, 0.29) is 12.5 Å². The second-order valence-electron chi connectivity index (χ2n) is 6.87. The van der Waals surface area contributed by atoms with Crippen LogP contribution >= 0.6 is 11.8 Å². The number of fused-ring (bicyclic) bond motifs is 3. The molecule has 0 saturated carbocycles. The maximum Gasteiger partial charge on any atom is 0.339 e. The lowest BCUT2D eigenvalue weighted by atomic mass is 10.1. The molecule has 1 amide bonds. The van der Waals surface area contributed by atoms with Crippen LogP contribution in [0.3, 0.4) is 0 Å². The van der Waals surface area contributed by atoms with Crippen molar-refractivity contribution >= 4 is 45.8 Å². The zero-order valence-electron chi connectivity index (χ0n) is 15.9. The minimum atomic E-state index is -0.506. The van der Waals surface area contributed by atoms with Gasteiger partial charge < -0.3 is 4.74 Å². The summed E-state index contributed by atoms with van der Waals surface area (Å²) in [5, 5.41) is 1.76. The van der Waals surface area contributed by atoms with Gasteiger partial charge in [-0.1, -0.05) is 72.4 Å². The van der Waals surface area contributed by atoms with E-state index in [1.54, 1.807) is 22.7 Å². The highest BCUT2D eigenvalue weighted by atomic mass is 32.2. The van der Waals surface area contributed by atoms with Crippen LogP contribution in [0.5, 0.6) is 0 Å². The fourth-order valence-electron chi connectivity index (χ4n) is 3.65. The van der Waals surface area contributed by atoms with Gasteiger partial charge in [-0.15, -0.1) is 0 Å². The summed E-state index contributed by atoms with van der Waals surface area (Å²) in [7, 11) is 0. The molecule has 1 heterocycles. The average Bonchev–Trinajstić information content (AvgIpc) is 2.80. The second kappa shape index (κ2) is 7.69. The van der Waals surface area contributed by atoms with Crippen molar-refractivity contribution in [2.75, 3.05) is 11.5 Å². The van der Waals surface area contributed by atoms with Crippen molar-refractivity contribution in [1.29, 1.82) is 0 Å². The van der Waals surface area contributed by atoms with Gasteiger partial charge in [0.25, 0.3) is 5.91 Å². The predicted octanol–water partition coefficient (Wildman–Crippen LogP) is 5.83. The molecule has 0 N–H and O–H groups in total.